The van der Waals surface area contributed by atoms with E-state index in [9.17, 15) is 4.79 Å². The van der Waals surface area contributed by atoms with Gasteiger partial charge in [0.05, 0.1) is 6.10 Å². The van der Waals surface area contributed by atoms with E-state index in [1.165, 1.54) is 32.1 Å². The van der Waals surface area contributed by atoms with Gasteiger partial charge in [-0.1, -0.05) is 68.3 Å². The minimum absolute atomic E-state index is 0.00818. The first-order valence-electron chi connectivity index (χ1n) is 10.5. The van der Waals surface area contributed by atoms with Gasteiger partial charge in [-0.15, -0.1) is 0 Å². The summed E-state index contributed by atoms with van der Waals surface area (Å²) in [7, 11) is 0. The third-order valence-electron chi connectivity index (χ3n) is 5.67. The standard InChI is InChI=1S/C22H34Cl2N2O2/c1-3-15(2)28-21(20(25)14-16-8-5-4-6-9-16)22(27)26-13-12-17-18(23)10-7-11-19(17)24/h7,10-11,15-16,20-21H,3-6,8-9,12-14,25H2,1-2H3,(H,26,27)/t15?,20-,21?/m1/s1. The number of halogens is 2. The molecule has 1 amide bonds. The van der Waals surface area contributed by atoms with Crippen LogP contribution in [0.3, 0.4) is 0 Å². The zero-order valence-electron chi connectivity index (χ0n) is 17.1. The molecule has 1 fully saturated rings. The summed E-state index contributed by atoms with van der Waals surface area (Å²) in [6, 6.07) is 5.13. The molecule has 0 saturated heterocycles. The highest BCUT2D eigenvalue weighted by molar-refractivity contribution is 6.35. The normalized spacial score (nSPS) is 18.5. The molecule has 4 nitrogen and oxygen atoms in total. The van der Waals surface area contributed by atoms with Crippen molar-refractivity contribution in [3.8, 4) is 0 Å². The molecule has 1 aliphatic rings. The average molecular weight is 429 g/mol. The number of rotatable bonds is 10. The van der Waals surface area contributed by atoms with Gasteiger partial charge in [-0.2, -0.15) is 0 Å². The maximum absolute atomic E-state index is 12.9. The maximum atomic E-state index is 12.9. The summed E-state index contributed by atoms with van der Waals surface area (Å²) in [5, 5.41) is 4.20. The second kappa shape index (κ2) is 12.0. The van der Waals surface area contributed by atoms with Crippen molar-refractivity contribution >= 4 is 29.1 Å². The molecule has 1 aromatic carbocycles. The average Bonchev–Trinajstić information content (AvgIpc) is 2.68. The van der Waals surface area contributed by atoms with E-state index in [2.05, 4.69) is 5.32 Å². The van der Waals surface area contributed by atoms with Crippen molar-refractivity contribution in [3.63, 3.8) is 0 Å². The Balaban J connectivity index is 1.93. The van der Waals surface area contributed by atoms with E-state index in [4.69, 9.17) is 33.7 Å². The van der Waals surface area contributed by atoms with Crippen molar-refractivity contribution in [2.75, 3.05) is 6.54 Å². The predicted octanol–water partition coefficient (Wildman–Crippen LogP) is 5.13. The van der Waals surface area contributed by atoms with Crippen LogP contribution < -0.4 is 11.1 Å². The Kier molecular flexibility index (Phi) is 10.1. The number of carbonyl (C=O) groups is 1. The summed E-state index contributed by atoms with van der Waals surface area (Å²) in [5.41, 5.74) is 7.30. The van der Waals surface area contributed by atoms with Gasteiger partial charge in [0, 0.05) is 22.6 Å². The molecule has 0 aliphatic heterocycles. The number of nitrogens with one attached hydrogen (secondary N) is 1. The molecule has 1 aromatic rings. The van der Waals surface area contributed by atoms with Gasteiger partial charge in [0.1, 0.15) is 0 Å². The lowest BCUT2D eigenvalue weighted by Crippen LogP contribution is -2.50. The highest BCUT2D eigenvalue weighted by Crippen LogP contribution is 2.28. The highest BCUT2D eigenvalue weighted by atomic mass is 35.5. The number of amides is 1. The second-order valence-electron chi connectivity index (χ2n) is 7.92. The zero-order chi connectivity index (χ0) is 20.5. The summed E-state index contributed by atoms with van der Waals surface area (Å²) in [5.74, 6) is 0.452. The lowest BCUT2D eigenvalue weighted by atomic mass is 9.84. The maximum Gasteiger partial charge on any atom is 0.250 e. The molecule has 2 unspecified atom stereocenters. The minimum atomic E-state index is -0.626. The van der Waals surface area contributed by atoms with E-state index < -0.39 is 6.10 Å². The van der Waals surface area contributed by atoms with Crippen molar-refractivity contribution in [1.82, 2.24) is 5.32 Å². The number of benzene rings is 1. The van der Waals surface area contributed by atoms with E-state index in [0.29, 0.717) is 28.9 Å². The third kappa shape index (κ3) is 7.22. The molecule has 1 saturated carbocycles. The fraction of sp³-hybridized carbons (Fsp3) is 0.682. The fourth-order valence-electron chi connectivity index (χ4n) is 3.82. The Morgan fingerprint density at radius 2 is 1.89 bits per heavy atom. The smallest absolute Gasteiger partial charge is 0.250 e. The summed E-state index contributed by atoms with van der Waals surface area (Å²) in [6.45, 7) is 4.47. The molecule has 28 heavy (non-hydrogen) atoms. The summed E-state index contributed by atoms with van der Waals surface area (Å²) in [6.07, 6.45) is 7.86. The van der Waals surface area contributed by atoms with Crippen LogP contribution in [0.25, 0.3) is 0 Å². The Morgan fingerprint density at radius 3 is 2.50 bits per heavy atom. The summed E-state index contributed by atoms with van der Waals surface area (Å²) < 4.78 is 6.03. The van der Waals surface area contributed by atoms with Crippen molar-refractivity contribution < 1.29 is 9.53 Å². The van der Waals surface area contributed by atoms with Gasteiger partial charge in [-0.25, -0.2) is 0 Å². The first-order valence-corrected chi connectivity index (χ1v) is 11.3. The topological polar surface area (TPSA) is 64.3 Å². The Bertz CT molecular complexity index is 600. The van der Waals surface area contributed by atoms with Crippen LogP contribution in [0.1, 0.15) is 64.4 Å². The van der Waals surface area contributed by atoms with Crippen LogP contribution in [-0.2, 0) is 16.0 Å². The molecule has 0 heterocycles. The van der Waals surface area contributed by atoms with Gasteiger partial charge >= 0.3 is 0 Å². The van der Waals surface area contributed by atoms with E-state index in [0.717, 1.165) is 18.4 Å². The molecule has 3 N–H and O–H groups in total. The van der Waals surface area contributed by atoms with Crippen LogP contribution in [-0.4, -0.2) is 30.7 Å². The fourth-order valence-corrected chi connectivity index (χ4v) is 4.40. The van der Waals surface area contributed by atoms with E-state index in [-0.39, 0.29) is 18.1 Å². The van der Waals surface area contributed by atoms with Crippen molar-refractivity contribution in [2.45, 2.75) is 83.5 Å². The number of hydrogen-bond donors (Lipinski definition) is 2. The molecular formula is C22H34Cl2N2O2. The van der Waals surface area contributed by atoms with Crippen molar-refractivity contribution in [2.24, 2.45) is 11.7 Å². The van der Waals surface area contributed by atoms with E-state index >= 15 is 0 Å². The first-order chi connectivity index (χ1) is 13.4. The van der Waals surface area contributed by atoms with Gasteiger partial charge in [-0.05, 0) is 49.8 Å². The van der Waals surface area contributed by atoms with Gasteiger partial charge < -0.3 is 15.8 Å². The number of nitrogens with two attached hydrogens (primary N) is 1. The van der Waals surface area contributed by atoms with E-state index in [1.54, 1.807) is 12.1 Å². The molecule has 0 aromatic heterocycles. The van der Waals surface area contributed by atoms with Crippen LogP contribution in [0, 0.1) is 5.92 Å². The predicted molar refractivity (Wildman–Crippen MR) is 117 cm³/mol. The Labute approximate surface area is 179 Å². The number of hydrogen-bond acceptors (Lipinski definition) is 3. The highest BCUT2D eigenvalue weighted by Gasteiger charge is 2.30. The van der Waals surface area contributed by atoms with Gasteiger partial charge in [0.15, 0.2) is 6.10 Å². The monoisotopic (exact) mass is 428 g/mol. The summed E-state index contributed by atoms with van der Waals surface area (Å²) >= 11 is 12.4. The lowest BCUT2D eigenvalue weighted by molar-refractivity contribution is -0.138. The molecule has 1 aliphatic carbocycles. The number of carbonyl (C=O) groups excluding carboxylic acids is 1. The van der Waals surface area contributed by atoms with Crippen LogP contribution in [0.15, 0.2) is 18.2 Å². The summed E-state index contributed by atoms with van der Waals surface area (Å²) in [4.78, 5) is 12.9. The van der Waals surface area contributed by atoms with Gasteiger partial charge in [0.2, 0.25) is 0 Å². The van der Waals surface area contributed by atoms with Crippen LogP contribution in [0.5, 0.6) is 0 Å². The lowest BCUT2D eigenvalue weighted by Gasteiger charge is -2.30. The van der Waals surface area contributed by atoms with Crippen LogP contribution in [0.2, 0.25) is 10.0 Å². The molecule has 3 atom stereocenters. The SMILES string of the molecule is CCC(C)OC(C(=O)NCCc1c(Cl)cccc1Cl)[C@H](N)CC1CCCCC1. The molecule has 0 radical (unpaired) electrons. The second-order valence-corrected chi connectivity index (χ2v) is 8.73. The third-order valence-corrected chi connectivity index (χ3v) is 6.38. The number of ether oxygens (including phenoxy) is 1. The largest absolute Gasteiger partial charge is 0.364 e. The minimum Gasteiger partial charge on any atom is -0.364 e. The van der Waals surface area contributed by atoms with Crippen LogP contribution >= 0.6 is 23.2 Å². The Hall–Kier alpha value is -0.810. The first kappa shape index (κ1) is 23.5. The molecule has 0 bridgehead atoms. The van der Waals surface area contributed by atoms with Crippen molar-refractivity contribution in [3.05, 3.63) is 33.8 Å². The van der Waals surface area contributed by atoms with E-state index in [1.807, 2.05) is 19.9 Å². The van der Waals surface area contributed by atoms with Gasteiger partial charge in [-0.3, -0.25) is 4.79 Å². The van der Waals surface area contributed by atoms with Crippen molar-refractivity contribution in [1.29, 1.82) is 0 Å². The molecule has 2 rings (SSSR count). The molecule has 0 spiro atoms. The molecular weight excluding hydrogens is 395 g/mol. The quantitative estimate of drug-likeness (QED) is 0.542. The zero-order valence-corrected chi connectivity index (χ0v) is 18.6. The van der Waals surface area contributed by atoms with Gasteiger partial charge in [0.25, 0.3) is 5.91 Å². The van der Waals surface area contributed by atoms with Crippen LogP contribution in [0.4, 0.5) is 0 Å². The molecule has 6 heteroatoms. The Morgan fingerprint density at radius 1 is 1.25 bits per heavy atom. The molecule has 158 valence electrons.